The van der Waals surface area contributed by atoms with Crippen LogP contribution in [0.25, 0.3) is 0 Å². The van der Waals surface area contributed by atoms with E-state index in [4.69, 9.17) is 23.8 Å². The van der Waals surface area contributed by atoms with Gasteiger partial charge in [-0.2, -0.15) is 0 Å². The molecule has 0 radical (unpaired) electrons. The molecule has 2 aliphatic carbocycles. The zero-order chi connectivity index (χ0) is 19.1. The molecule has 146 valence electrons. The fraction of sp³-hybridized carbons (Fsp3) is 0.579. The molecule has 1 amide bonds. The zero-order valence-electron chi connectivity index (χ0n) is 14.8. The van der Waals surface area contributed by atoms with Crippen LogP contribution in [0.2, 0.25) is 5.02 Å². The average Bonchev–Trinajstić information content (AvgIpc) is 3.26. The first-order valence-corrected chi connectivity index (χ1v) is 10.3. The second kappa shape index (κ2) is 7.54. The first-order chi connectivity index (χ1) is 13.0. The molecular weight excluding hydrogens is 386 g/mol. The van der Waals surface area contributed by atoms with E-state index in [-0.39, 0.29) is 24.4 Å². The molecular formula is C19H24ClN3O3S. The van der Waals surface area contributed by atoms with Crippen molar-refractivity contribution in [2.45, 2.75) is 62.4 Å². The van der Waals surface area contributed by atoms with E-state index in [0.29, 0.717) is 10.1 Å². The van der Waals surface area contributed by atoms with E-state index in [2.05, 4.69) is 10.6 Å². The largest absolute Gasteiger partial charge is 0.390 e. The van der Waals surface area contributed by atoms with Crippen LogP contribution in [0, 0.1) is 5.92 Å². The van der Waals surface area contributed by atoms with Crippen molar-refractivity contribution in [2.75, 3.05) is 4.90 Å². The van der Waals surface area contributed by atoms with Crippen molar-refractivity contribution in [2.24, 2.45) is 5.92 Å². The van der Waals surface area contributed by atoms with E-state index in [9.17, 15) is 15.0 Å². The second-order valence-corrected chi connectivity index (χ2v) is 8.53. The van der Waals surface area contributed by atoms with Crippen molar-refractivity contribution in [3.05, 3.63) is 29.3 Å². The Kier molecular flexibility index (Phi) is 5.29. The lowest BCUT2D eigenvalue weighted by Gasteiger charge is -2.41. The van der Waals surface area contributed by atoms with E-state index in [1.54, 1.807) is 12.1 Å². The fourth-order valence-corrected chi connectivity index (χ4v) is 5.11. The number of anilines is 1. The van der Waals surface area contributed by atoms with E-state index in [1.165, 1.54) is 0 Å². The van der Waals surface area contributed by atoms with Gasteiger partial charge in [0.25, 0.3) is 0 Å². The summed E-state index contributed by atoms with van der Waals surface area (Å²) in [6.07, 6.45) is 2.50. The number of hydrogen-bond acceptors (Lipinski definition) is 4. The number of halogens is 1. The highest BCUT2D eigenvalue weighted by atomic mass is 35.5. The van der Waals surface area contributed by atoms with Crippen LogP contribution >= 0.6 is 23.8 Å². The molecule has 1 heterocycles. The lowest BCUT2D eigenvalue weighted by molar-refractivity contribution is -0.131. The van der Waals surface area contributed by atoms with Crippen LogP contribution in [0.15, 0.2) is 24.3 Å². The molecule has 1 aliphatic heterocycles. The minimum Gasteiger partial charge on any atom is -0.390 e. The number of fused-ring (bicyclic) bond motifs is 1. The van der Waals surface area contributed by atoms with Gasteiger partial charge in [0.1, 0.15) is 6.10 Å². The molecule has 4 N–H and O–H groups in total. The number of aliphatic hydroxyl groups is 2. The Hall–Kier alpha value is -1.41. The number of carbonyl (C=O) groups is 1. The standard InChI is InChI=1S/C19H24ClN3O3S/c20-10-5-7-12(8-6-10)23-16-13(18(26)21-11-3-1-2-4-11)9-14(24)17(25)15(16)22-19(23)27/h5-8,11,13-17,24-25H,1-4,9H2,(H,21,26)(H,22,27). The van der Waals surface area contributed by atoms with E-state index < -0.39 is 24.2 Å². The van der Waals surface area contributed by atoms with E-state index in [0.717, 1.165) is 31.4 Å². The molecule has 1 aromatic rings. The van der Waals surface area contributed by atoms with Crippen molar-refractivity contribution in [3.63, 3.8) is 0 Å². The van der Waals surface area contributed by atoms with Gasteiger partial charge in [0.15, 0.2) is 5.11 Å². The van der Waals surface area contributed by atoms with E-state index in [1.807, 2.05) is 17.0 Å². The van der Waals surface area contributed by atoms with Gasteiger partial charge in [0.2, 0.25) is 5.91 Å². The summed E-state index contributed by atoms with van der Waals surface area (Å²) >= 11 is 11.5. The highest BCUT2D eigenvalue weighted by molar-refractivity contribution is 7.80. The number of nitrogens with zero attached hydrogens (tertiary/aromatic N) is 1. The highest BCUT2D eigenvalue weighted by Crippen LogP contribution is 2.37. The number of benzene rings is 1. The third-order valence-corrected chi connectivity index (χ3v) is 6.55. The number of hydrogen-bond donors (Lipinski definition) is 4. The van der Waals surface area contributed by atoms with Crippen LogP contribution in [-0.4, -0.2) is 51.6 Å². The molecule has 0 spiro atoms. The van der Waals surface area contributed by atoms with Crippen LogP contribution in [-0.2, 0) is 4.79 Å². The van der Waals surface area contributed by atoms with Gasteiger partial charge in [-0.1, -0.05) is 24.4 Å². The van der Waals surface area contributed by atoms with E-state index >= 15 is 0 Å². The number of rotatable bonds is 3. The minimum atomic E-state index is -0.985. The maximum absolute atomic E-state index is 13.1. The van der Waals surface area contributed by atoms with Crippen molar-refractivity contribution in [1.82, 2.24) is 10.6 Å². The number of nitrogens with one attached hydrogen (secondary N) is 2. The second-order valence-electron chi connectivity index (χ2n) is 7.70. The normalized spacial score (nSPS) is 33.7. The molecule has 2 saturated carbocycles. The molecule has 5 atom stereocenters. The molecule has 6 nitrogen and oxygen atoms in total. The van der Waals surface area contributed by atoms with Crippen molar-refractivity contribution >= 4 is 40.5 Å². The number of amides is 1. The average molecular weight is 410 g/mol. The van der Waals surface area contributed by atoms with Gasteiger partial charge in [0, 0.05) is 16.8 Å². The summed E-state index contributed by atoms with van der Waals surface area (Å²) in [6, 6.07) is 6.58. The Bertz CT molecular complexity index is 725. The Labute approximate surface area is 168 Å². The Morgan fingerprint density at radius 1 is 1.22 bits per heavy atom. The highest BCUT2D eigenvalue weighted by Gasteiger charge is 2.54. The van der Waals surface area contributed by atoms with Gasteiger partial charge in [-0.15, -0.1) is 0 Å². The number of carbonyl (C=O) groups excluding carboxylic acids is 1. The molecule has 1 saturated heterocycles. The van der Waals surface area contributed by atoms with Gasteiger partial charge in [-0.25, -0.2) is 0 Å². The molecule has 8 heteroatoms. The van der Waals surface area contributed by atoms with Crippen LogP contribution in [0.1, 0.15) is 32.1 Å². The summed E-state index contributed by atoms with van der Waals surface area (Å²) in [5.41, 5.74) is 0.812. The smallest absolute Gasteiger partial charge is 0.225 e. The summed E-state index contributed by atoms with van der Waals surface area (Å²) in [4.78, 5) is 14.9. The molecule has 5 unspecified atom stereocenters. The van der Waals surface area contributed by atoms with Gasteiger partial charge in [-0.3, -0.25) is 4.79 Å². The molecule has 4 rings (SSSR count). The number of thiocarbonyl (C=S) groups is 1. The summed E-state index contributed by atoms with van der Waals surface area (Å²) in [7, 11) is 0. The van der Waals surface area contributed by atoms with Gasteiger partial charge < -0.3 is 25.7 Å². The molecule has 1 aromatic carbocycles. The number of aliphatic hydroxyl groups excluding tert-OH is 2. The molecule has 0 bridgehead atoms. The summed E-state index contributed by atoms with van der Waals surface area (Å²) < 4.78 is 0. The van der Waals surface area contributed by atoms with Gasteiger partial charge >= 0.3 is 0 Å². The van der Waals surface area contributed by atoms with Crippen LogP contribution < -0.4 is 15.5 Å². The topological polar surface area (TPSA) is 84.8 Å². The first-order valence-electron chi connectivity index (χ1n) is 9.47. The maximum Gasteiger partial charge on any atom is 0.225 e. The van der Waals surface area contributed by atoms with Gasteiger partial charge in [-0.05, 0) is 55.7 Å². The van der Waals surface area contributed by atoms with Gasteiger partial charge in [0.05, 0.1) is 24.1 Å². The first kappa shape index (κ1) is 18.9. The zero-order valence-corrected chi connectivity index (χ0v) is 16.4. The van der Waals surface area contributed by atoms with Crippen LogP contribution in [0.5, 0.6) is 0 Å². The summed E-state index contributed by atoms with van der Waals surface area (Å²) in [6.45, 7) is 0. The Balaban J connectivity index is 1.64. The SMILES string of the molecule is O=C(NC1CCCC1)C1CC(O)C(O)C2NC(=S)N(c3ccc(Cl)cc3)C12. The lowest BCUT2D eigenvalue weighted by atomic mass is 9.77. The van der Waals surface area contributed by atoms with Crippen molar-refractivity contribution < 1.29 is 15.0 Å². The predicted molar refractivity (Wildman–Crippen MR) is 108 cm³/mol. The molecule has 3 aliphatic rings. The monoisotopic (exact) mass is 409 g/mol. The summed E-state index contributed by atoms with van der Waals surface area (Å²) in [5.74, 6) is -0.550. The Morgan fingerprint density at radius 2 is 1.89 bits per heavy atom. The summed E-state index contributed by atoms with van der Waals surface area (Å²) in [5, 5.41) is 28.2. The predicted octanol–water partition coefficient (Wildman–Crippen LogP) is 1.57. The maximum atomic E-state index is 13.1. The van der Waals surface area contributed by atoms with Crippen LogP contribution in [0.3, 0.4) is 0 Å². The molecule has 0 aromatic heterocycles. The molecule has 27 heavy (non-hydrogen) atoms. The van der Waals surface area contributed by atoms with Crippen molar-refractivity contribution in [3.8, 4) is 0 Å². The van der Waals surface area contributed by atoms with Crippen molar-refractivity contribution in [1.29, 1.82) is 0 Å². The lowest BCUT2D eigenvalue weighted by Crippen LogP contribution is -2.61. The minimum absolute atomic E-state index is 0.0756. The third-order valence-electron chi connectivity index (χ3n) is 5.99. The molecule has 3 fully saturated rings. The third kappa shape index (κ3) is 3.53. The fourth-order valence-electron chi connectivity index (χ4n) is 4.62. The quantitative estimate of drug-likeness (QED) is 0.567. The Morgan fingerprint density at radius 3 is 2.56 bits per heavy atom. The van der Waals surface area contributed by atoms with Crippen LogP contribution in [0.4, 0.5) is 5.69 Å².